The Bertz CT molecular complexity index is 1090. The van der Waals surface area contributed by atoms with Crippen LogP contribution in [0.15, 0.2) is 71.2 Å². The van der Waals surface area contributed by atoms with Crippen molar-refractivity contribution in [3.63, 3.8) is 0 Å². The standard InChI is InChI=1S/C24H22N2O5S/c1-3-31-23(29)18-9-11-19(12-10-18)25-21(27)15-26-22(28)20(32-24(26)30)14-16(2)13-17-7-5-4-6-8-17/h4-14H,3,15H2,1-2H3,(H,25,27)/b16-13-,20-14+. The number of allylic oxidation sites excluding steroid dienone is 2. The summed E-state index contributed by atoms with van der Waals surface area (Å²) in [5.74, 6) is -1.48. The van der Waals surface area contributed by atoms with Gasteiger partial charge < -0.3 is 10.1 Å². The maximum absolute atomic E-state index is 12.6. The molecule has 8 heteroatoms. The molecule has 164 valence electrons. The molecule has 0 bridgehead atoms. The van der Waals surface area contributed by atoms with E-state index in [0.29, 0.717) is 11.3 Å². The number of nitrogens with one attached hydrogen (secondary N) is 1. The third kappa shape index (κ3) is 5.95. The Morgan fingerprint density at radius 2 is 1.75 bits per heavy atom. The average molecular weight is 451 g/mol. The topological polar surface area (TPSA) is 92.8 Å². The zero-order valence-electron chi connectivity index (χ0n) is 17.7. The van der Waals surface area contributed by atoms with Crippen molar-refractivity contribution in [1.82, 2.24) is 4.90 Å². The second-order valence-corrected chi connectivity index (χ2v) is 7.91. The van der Waals surface area contributed by atoms with Gasteiger partial charge in [0.15, 0.2) is 0 Å². The highest BCUT2D eigenvalue weighted by Crippen LogP contribution is 2.31. The van der Waals surface area contributed by atoms with E-state index in [9.17, 15) is 19.2 Å². The molecular formula is C24H22N2O5S. The van der Waals surface area contributed by atoms with Gasteiger partial charge in [-0.3, -0.25) is 19.3 Å². The molecule has 1 N–H and O–H groups in total. The van der Waals surface area contributed by atoms with Crippen LogP contribution in [0.1, 0.15) is 29.8 Å². The summed E-state index contributed by atoms with van der Waals surface area (Å²) in [5.41, 5.74) is 2.59. The lowest BCUT2D eigenvalue weighted by Gasteiger charge is -2.12. The van der Waals surface area contributed by atoms with Crippen LogP contribution in [0.2, 0.25) is 0 Å². The first-order valence-corrected chi connectivity index (χ1v) is 10.7. The van der Waals surface area contributed by atoms with E-state index in [2.05, 4.69) is 5.32 Å². The molecule has 1 aliphatic rings. The Kier molecular flexibility index (Phi) is 7.62. The van der Waals surface area contributed by atoms with Crippen LogP contribution in [0, 0.1) is 0 Å². The molecule has 7 nitrogen and oxygen atoms in total. The molecule has 3 rings (SSSR count). The van der Waals surface area contributed by atoms with E-state index < -0.39 is 29.6 Å². The van der Waals surface area contributed by atoms with Gasteiger partial charge in [0.2, 0.25) is 5.91 Å². The highest BCUT2D eigenvalue weighted by molar-refractivity contribution is 8.18. The number of benzene rings is 2. The van der Waals surface area contributed by atoms with Crippen molar-refractivity contribution < 1.29 is 23.9 Å². The quantitative estimate of drug-likeness (QED) is 0.494. The molecule has 3 amide bonds. The minimum absolute atomic E-state index is 0.269. The average Bonchev–Trinajstić information content (AvgIpc) is 3.02. The highest BCUT2D eigenvalue weighted by Gasteiger charge is 2.36. The number of anilines is 1. The minimum Gasteiger partial charge on any atom is -0.462 e. The number of esters is 1. The van der Waals surface area contributed by atoms with E-state index in [-0.39, 0.29) is 11.5 Å². The fourth-order valence-corrected chi connectivity index (χ4v) is 3.83. The summed E-state index contributed by atoms with van der Waals surface area (Å²) < 4.78 is 4.91. The van der Waals surface area contributed by atoms with Crippen LogP contribution in [0.3, 0.4) is 0 Å². The molecule has 0 radical (unpaired) electrons. The third-order valence-corrected chi connectivity index (χ3v) is 5.32. The van der Waals surface area contributed by atoms with E-state index in [4.69, 9.17) is 4.74 Å². The molecule has 1 saturated heterocycles. The van der Waals surface area contributed by atoms with Gasteiger partial charge >= 0.3 is 5.97 Å². The van der Waals surface area contributed by atoms with E-state index in [1.807, 2.05) is 43.3 Å². The number of carbonyl (C=O) groups is 4. The lowest BCUT2D eigenvalue weighted by molar-refractivity contribution is -0.127. The fourth-order valence-electron chi connectivity index (χ4n) is 2.95. The normalized spacial score (nSPS) is 15.2. The Morgan fingerprint density at radius 1 is 1.06 bits per heavy atom. The van der Waals surface area contributed by atoms with Crippen molar-refractivity contribution in [2.75, 3.05) is 18.5 Å². The first-order chi connectivity index (χ1) is 15.4. The molecule has 0 saturated carbocycles. The van der Waals surface area contributed by atoms with Gasteiger partial charge in [0.05, 0.1) is 17.1 Å². The van der Waals surface area contributed by atoms with Crippen LogP contribution in [-0.2, 0) is 14.3 Å². The van der Waals surface area contributed by atoms with Gasteiger partial charge in [0.1, 0.15) is 6.54 Å². The van der Waals surface area contributed by atoms with Crippen LogP contribution in [0.4, 0.5) is 10.5 Å². The number of carbonyl (C=O) groups excluding carboxylic acids is 4. The van der Waals surface area contributed by atoms with Crippen molar-refractivity contribution in [2.24, 2.45) is 0 Å². The van der Waals surface area contributed by atoms with Gasteiger partial charge in [0.25, 0.3) is 11.1 Å². The Morgan fingerprint density at radius 3 is 2.41 bits per heavy atom. The third-order valence-electron chi connectivity index (χ3n) is 4.41. The number of nitrogens with zero attached hydrogens (tertiary/aromatic N) is 1. The molecule has 32 heavy (non-hydrogen) atoms. The lowest BCUT2D eigenvalue weighted by atomic mass is 10.1. The fraction of sp³-hybridized carbons (Fsp3) is 0.167. The molecule has 0 unspecified atom stereocenters. The van der Waals surface area contributed by atoms with Crippen LogP contribution < -0.4 is 5.32 Å². The summed E-state index contributed by atoms with van der Waals surface area (Å²) in [7, 11) is 0. The van der Waals surface area contributed by atoms with E-state index in [1.165, 1.54) is 12.1 Å². The number of amides is 3. The van der Waals surface area contributed by atoms with Gasteiger partial charge in [-0.1, -0.05) is 36.4 Å². The van der Waals surface area contributed by atoms with Gasteiger partial charge in [-0.05, 0) is 67.1 Å². The van der Waals surface area contributed by atoms with E-state index in [1.54, 1.807) is 25.1 Å². The van der Waals surface area contributed by atoms with Crippen molar-refractivity contribution in [2.45, 2.75) is 13.8 Å². The summed E-state index contributed by atoms with van der Waals surface area (Å²) in [6.07, 6.45) is 3.55. The molecule has 1 fully saturated rings. The largest absolute Gasteiger partial charge is 0.462 e. The van der Waals surface area contributed by atoms with Gasteiger partial charge in [0, 0.05) is 5.69 Å². The second-order valence-electron chi connectivity index (χ2n) is 6.91. The molecule has 1 heterocycles. The van der Waals surface area contributed by atoms with E-state index >= 15 is 0 Å². The van der Waals surface area contributed by atoms with Gasteiger partial charge in [-0.25, -0.2) is 4.79 Å². The molecule has 2 aromatic carbocycles. The summed E-state index contributed by atoms with van der Waals surface area (Å²) >= 11 is 0.805. The van der Waals surface area contributed by atoms with Gasteiger partial charge in [-0.15, -0.1) is 0 Å². The number of imide groups is 1. The van der Waals surface area contributed by atoms with Crippen LogP contribution >= 0.6 is 11.8 Å². The van der Waals surface area contributed by atoms with Crippen molar-refractivity contribution >= 4 is 46.5 Å². The van der Waals surface area contributed by atoms with Crippen LogP contribution in [-0.4, -0.2) is 41.1 Å². The maximum Gasteiger partial charge on any atom is 0.338 e. The first-order valence-electron chi connectivity index (χ1n) is 9.93. The first kappa shape index (κ1) is 23.0. The predicted molar refractivity (Wildman–Crippen MR) is 124 cm³/mol. The highest BCUT2D eigenvalue weighted by atomic mass is 32.2. The van der Waals surface area contributed by atoms with Crippen LogP contribution in [0.25, 0.3) is 6.08 Å². The lowest BCUT2D eigenvalue weighted by Crippen LogP contribution is -2.36. The van der Waals surface area contributed by atoms with Gasteiger partial charge in [-0.2, -0.15) is 0 Å². The zero-order valence-corrected chi connectivity index (χ0v) is 18.5. The van der Waals surface area contributed by atoms with E-state index in [0.717, 1.165) is 27.8 Å². The maximum atomic E-state index is 12.6. The summed E-state index contributed by atoms with van der Waals surface area (Å²) in [6, 6.07) is 15.8. The Hall–Kier alpha value is -3.65. The SMILES string of the molecule is CCOC(=O)c1ccc(NC(=O)CN2C(=O)S/C(=C/C(C)=C\c3ccccc3)C2=O)cc1. The summed E-state index contributed by atoms with van der Waals surface area (Å²) in [6.45, 7) is 3.43. The zero-order chi connectivity index (χ0) is 23.1. The number of thioether (sulfide) groups is 1. The smallest absolute Gasteiger partial charge is 0.338 e. The monoisotopic (exact) mass is 450 g/mol. The van der Waals surface area contributed by atoms with Crippen molar-refractivity contribution in [3.05, 3.63) is 82.3 Å². The van der Waals surface area contributed by atoms with Crippen molar-refractivity contribution in [1.29, 1.82) is 0 Å². The second kappa shape index (κ2) is 10.6. The number of hydrogen-bond donors (Lipinski definition) is 1. The number of hydrogen-bond acceptors (Lipinski definition) is 6. The molecule has 0 aromatic heterocycles. The molecule has 2 aromatic rings. The Labute approximate surface area is 190 Å². The molecule has 1 aliphatic heterocycles. The molecule has 0 aliphatic carbocycles. The van der Waals surface area contributed by atoms with Crippen LogP contribution in [0.5, 0.6) is 0 Å². The molecule has 0 atom stereocenters. The molecular weight excluding hydrogens is 428 g/mol. The predicted octanol–water partition coefficient (Wildman–Crippen LogP) is 4.48. The van der Waals surface area contributed by atoms with Crippen molar-refractivity contribution in [3.8, 4) is 0 Å². The summed E-state index contributed by atoms with van der Waals surface area (Å²) in [4.78, 5) is 50.1. The Balaban J connectivity index is 1.62. The number of ether oxygens (including phenoxy) is 1. The summed E-state index contributed by atoms with van der Waals surface area (Å²) in [5, 5.41) is 2.12. The number of rotatable bonds is 7. The minimum atomic E-state index is -0.519. The molecule has 0 spiro atoms.